The lowest BCUT2D eigenvalue weighted by atomic mass is 9.76. The normalized spacial score (nSPS) is 19.5. The molecule has 2 aliphatic rings. The molecule has 0 N–H and O–H groups in total. The number of allylic oxidation sites excluding steroid dienone is 1. The van der Waals surface area contributed by atoms with E-state index in [0.29, 0.717) is 0 Å². The standard InChI is InChI=1S/C33H24N2O/c1-2-27-32(24-14-5-3-11-21(24)28-16-9-10-18-34(27)28)33-25-15-6-4-12-22(25)29-19-31-26(20-35(29)33)23-13-7-8-17-30(23)36-31/h2-20,27,32-33H,1H2/q+2. The molecule has 170 valence electrons. The molecular weight excluding hydrogens is 440 g/mol. The minimum Gasteiger partial charge on any atom is -0.456 e. The van der Waals surface area contributed by atoms with Crippen LogP contribution in [-0.2, 0) is 0 Å². The molecule has 3 heteroatoms. The SMILES string of the molecule is C=CC1C(C2c3ccccc3-c3cc4oc5ccccc5c4c[n+]32)c2ccccc2-c2cccc[n+]21. The van der Waals surface area contributed by atoms with Crippen LogP contribution in [0, 0.1) is 0 Å². The zero-order chi connectivity index (χ0) is 23.8. The topological polar surface area (TPSA) is 20.9 Å². The van der Waals surface area contributed by atoms with E-state index in [1.165, 1.54) is 33.6 Å². The average molecular weight is 465 g/mol. The number of hydrogen-bond acceptors (Lipinski definition) is 1. The Balaban J connectivity index is 1.45. The van der Waals surface area contributed by atoms with Gasteiger partial charge in [0, 0.05) is 23.1 Å². The van der Waals surface area contributed by atoms with Crippen molar-refractivity contribution in [2.24, 2.45) is 0 Å². The number of hydrogen-bond donors (Lipinski definition) is 0. The number of nitrogens with zero attached hydrogens (tertiary/aromatic N) is 2. The lowest BCUT2D eigenvalue weighted by Gasteiger charge is -2.30. The fraction of sp³-hybridized carbons (Fsp3) is 0.0909. The maximum Gasteiger partial charge on any atom is 0.217 e. The van der Waals surface area contributed by atoms with Crippen LogP contribution < -0.4 is 9.13 Å². The van der Waals surface area contributed by atoms with Crippen LogP contribution in [0.1, 0.15) is 29.1 Å². The van der Waals surface area contributed by atoms with E-state index >= 15 is 0 Å². The highest BCUT2D eigenvalue weighted by molar-refractivity contribution is 6.04. The lowest BCUT2D eigenvalue weighted by molar-refractivity contribution is -0.738. The highest BCUT2D eigenvalue weighted by Gasteiger charge is 2.51. The number of pyridine rings is 2. The third kappa shape index (κ3) is 2.52. The van der Waals surface area contributed by atoms with Crippen molar-refractivity contribution in [1.29, 1.82) is 0 Å². The number of para-hydroxylation sites is 1. The van der Waals surface area contributed by atoms with Crippen LogP contribution in [0.2, 0.25) is 0 Å². The third-order valence-electron chi connectivity index (χ3n) is 8.09. The van der Waals surface area contributed by atoms with Crippen molar-refractivity contribution in [2.45, 2.75) is 18.0 Å². The molecular formula is C33H24N2O+2. The molecule has 3 aromatic heterocycles. The number of rotatable bonds is 2. The Hall–Kier alpha value is -4.50. The van der Waals surface area contributed by atoms with Crippen molar-refractivity contribution in [3.63, 3.8) is 0 Å². The number of furan rings is 1. The van der Waals surface area contributed by atoms with Crippen molar-refractivity contribution in [3.05, 3.63) is 133 Å². The van der Waals surface area contributed by atoms with Crippen LogP contribution in [-0.4, -0.2) is 0 Å². The Labute approximate surface area is 209 Å². The van der Waals surface area contributed by atoms with Gasteiger partial charge in [-0.15, -0.1) is 0 Å². The molecule has 0 saturated carbocycles. The molecule has 6 aromatic rings. The van der Waals surface area contributed by atoms with Gasteiger partial charge in [-0.25, -0.2) is 0 Å². The second kappa shape index (κ2) is 7.25. The van der Waals surface area contributed by atoms with Gasteiger partial charge in [0.15, 0.2) is 24.5 Å². The fourth-order valence-electron chi connectivity index (χ4n) is 6.62. The molecule has 0 fully saturated rings. The Kier molecular flexibility index (Phi) is 3.98. The zero-order valence-corrected chi connectivity index (χ0v) is 19.7. The summed E-state index contributed by atoms with van der Waals surface area (Å²) in [5.74, 6) is 0.182. The van der Waals surface area contributed by atoms with Crippen LogP contribution in [0.4, 0.5) is 0 Å². The van der Waals surface area contributed by atoms with Crippen LogP contribution in [0.5, 0.6) is 0 Å². The Morgan fingerprint density at radius 3 is 2.25 bits per heavy atom. The van der Waals surface area contributed by atoms with Gasteiger partial charge in [-0.2, -0.15) is 9.13 Å². The van der Waals surface area contributed by atoms with E-state index in [1.54, 1.807) is 0 Å². The van der Waals surface area contributed by atoms with Crippen LogP contribution in [0.25, 0.3) is 44.5 Å². The second-order valence-corrected chi connectivity index (χ2v) is 9.81. The van der Waals surface area contributed by atoms with Gasteiger partial charge in [0.2, 0.25) is 11.4 Å². The molecule has 3 aromatic carbocycles. The predicted molar refractivity (Wildman–Crippen MR) is 142 cm³/mol. The van der Waals surface area contributed by atoms with Crippen molar-refractivity contribution < 1.29 is 13.6 Å². The fourth-order valence-corrected chi connectivity index (χ4v) is 6.62. The molecule has 3 atom stereocenters. The zero-order valence-electron chi connectivity index (χ0n) is 19.7. The van der Waals surface area contributed by atoms with Crippen LogP contribution in [0.3, 0.4) is 0 Å². The van der Waals surface area contributed by atoms with Gasteiger partial charge in [-0.3, -0.25) is 0 Å². The molecule has 0 saturated heterocycles. The van der Waals surface area contributed by atoms with E-state index in [0.717, 1.165) is 21.9 Å². The first-order valence-corrected chi connectivity index (χ1v) is 12.5. The first-order valence-electron chi connectivity index (χ1n) is 12.5. The van der Waals surface area contributed by atoms with E-state index in [4.69, 9.17) is 4.42 Å². The Morgan fingerprint density at radius 1 is 0.667 bits per heavy atom. The largest absolute Gasteiger partial charge is 0.456 e. The second-order valence-electron chi connectivity index (χ2n) is 9.81. The summed E-state index contributed by atoms with van der Waals surface area (Å²) in [6, 6.07) is 35.0. The number of benzene rings is 3. The van der Waals surface area contributed by atoms with Gasteiger partial charge in [0.05, 0.1) is 22.6 Å². The summed E-state index contributed by atoms with van der Waals surface area (Å²) in [7, 11) is 0. The first-order chi connectivity index (χ1) is 17.8. The molecule has 0 spiro atoms. The first kappa shape index (κ1) is 19.8. The minimum atomic E-state index is 0.115. The summed E-state index contributed by atoms with van der Waals surface area (Å²) in [4.78, 5) is 0. The maximum atomic E-state index is 6.28. The van der Waals surface area contributed by atoms with Gasteiger partial charge >= 0.3 is 0 Å². The van der Waals surface area contributed by atoms with E-state index < -0.39 is 0 Å². The van der Waals surface area contributed by atoms with Crippen molar-refractivity contribution in [1.82, 2.24) is 0 Å². The average Bonchev–Trinajstić information content (AvgIpc) is 3.46. The maximum absolute atomic E-state index is 6.28. The Morgan fingerprint density at radius 2 is 1.39 bits per heavy atom. The molecule has 5 heterocycles. The van der Waals surface area contributed by atoms with Gasteiger partial charge < -0.3 is 4.42 Å². The summed E-state index contributed by atoms with van der Waals surface area (Å²) >= 11 is 0. The summed E-state index contributed by atoms with van der Waals surface area (Å²) in [6.45, 7) is 4.33. The van der Waals surface area contributed by atoms with Crippen molar-refractivity contribution in [2.75, 3.05) is 0 Å². The molecule has 8 rings (SSSR count). The van der Waals surface area contributed by atoms with E-state index in [9.17, 15) is 0 Å². The van der Waals surface area contributed by atoms with Gasteiger partial charge in [0.25, 0.3) is 0 Å². The lowest BCUT2D eigenvalue weighted by Crippen LogP contribution is -2.52. The van der Waals surface area contributed by atoms with Gasteiger partial charge in [0.1, 0.15) is 17.1 Å². The number of fused-ring (bicyclic) bond motifs is 9. The van der Waals surface area contributed by atoms with Crippen LogP contribution in [0.15, 0.2) is 127 Å². The molecule has 0 radical (unpaired) electrons. The van der Waals surface area contributed by atoms with Gasteiger partial charge in [-0.1, -0.05) is 61.2 Å². The predicted octanol–water partition coefficient (Wildman–Crippen LogP) is 6.92. The van der Waals surface area contributed by atoms with Gasteiger partial charge in [-0.05, 0) is 35.9 Å². The van der Waals surface area contributed by atoms with E-state index in [2.05, 4.69) is 125 Å². The summed E-state index contributed by atoms with van der Waals surface area (Å²) in [5.41, 5.74) is 9.58. The molecule has 3 nitrogen and oxygen atoms in total. The minimum absolute atomic E-state index is 0.115. The summed E-state index contributed by atoms with van der Waals surface area (Å²) in [5, 5.41) is 2.31. The number of aromatic nitrogens is 2. The summed E-state index contributed by atoms with van der Waals surface area (Å²) < 4.78 is 11.2. The molecule has 2 aliphatic heterocycles. The molecule has 0 aliphatic carbocycles. The molecule has 0 amide bonds. The quantitative estimate of drug-likeness (QED) is 0.201. The monoisotopic (exact) mass is 464 g/mol. The van der Waals surface area contributed by atoms with Crippen molar-refractivity contribution >= 4 is 21.9 Å². The highest BCUT2D eigenvalue weighted by Crippen LogP contribution is 2.49. The molecule has 3 unspecified atom stereocenters. The van der Waals surface area contributed by atoms with Crippen molar-refractivity contribution in [3.8, 4) is 22.5 Å². The smallest absolute Gasteiger partial charge is 0.217 e. The summed E-state index contributed by atoms with van der Waals surface area (Å²) in [6.07, 6.45) is 6.63. The highest BCUT2D eigenvalue weighted by atomic mass is 16.3. The van der Waals surface area contributed by atoms with Crippen LogP contribution >= 0.6 is 0 Å². The third-order valence-corrected chi connectivity index (χ3v) is 8.09. The van der Waals surface area contributed by atoms with E-state index in [-0.39, 0.29) is 18.0 Å². The molecule has 36 heavy (non-hydrogen) atoms. The van der Waals surface area contributed by atoms with E-state index in [1.807, 2.05) is 6.07 Å². The Bertz CT molecular complexity index is 1850. The molecule has 0 bridgehead atoms.